The van der Waals surface area contributed by atoms with Gasteiger partial charge in [-0.25, -0.2) is 9.97 Å². The standard InChI is InChI=1S/C12H12ClN3O.ClH/c13-11-12(17-8-5-6-14-7-8)16-10-4-2-1-3-9(10)15-11;/h1-4,8,14H,5-7H2;1H/t8-;/m0./s1. The first kappa shape index (κ1) is 13.3. The normalized spacial score (nSPS) is 18.6. The summed E-state index contributed by atoms with van der Waals surface area (Å²) in [5.74, 6) is 0.430. The predicted octanol–water partition coefficient (Wildman–Crippen LogP) is 2.45. The van der Waals surface area contributed by atoms with Crippen molar-refractivity contribution in [2.75, 3.05) is 13.1 Å². The molecule has 0 radical (unpaired) electrons. The summed E-state index contributed by atoms with van der Waals surface area (Å²) in [6.45, 7) is 1.81. The third-order valence-corrected chi connectivity index (χ3v) is 3.04. The van der Waals surface area contributed by atoms with Gasteiger partial charge in [-0.05, 0) is 25.1 Å². The lowest BCUT2D eigenvalue weighted by Crippen LogP contribution is -2.20. The molecule has 1 aromatic heterocycles. The number of aromatic nitrogens is 2. The van der Waals surface area contributed by atoms with Gasteiger partial charge in [0.2, 0.25) is 0 Å². The van der Waals surface area contributed by atoms with Crippen LogP contribution in [0.1, 0.15) is 6.42 Å². The zero-order valence-electron chi connectivity index (χ0n) is 9.60. The number of hydrogen-bond acceptors (Lipinski definition) is 4. The highest BCUT2D eigenvalue weighted by Crippen LogP contribution is 2.24. The van der Waals surface area contributed by atoms with Crippen molar-refractivity contribution in [3.63, 3.8) is 0 Å². The molecule has 6 heteroatoms. The summed E-state index contributed by atoms with van der Waals surface area (Å²) < 4.78 is 5.75. The highest BCUT2D eigenvalue weighted by atomic mass is 35.5. The third kappa shape index (κ3) is 2.66. The van der Waals surface area contributed by atoms with Gasteiger partial charge < -0.3 is 10.1 Å². The Morgan fingerprint density at radius 1 is 1.22 bits per heavy atom. The van der Waals surface area contributed by atoms with E-state index in [1.807, 2.05) is 24.3 Å². The molecule has 1 N–H and O–H groups in total. The molecule has 96 valence electrons. The Morgan fingerprint density at radius 3 is 2.61 bits per heavy atom. The number of nitrogens with zero attached hydrogens (tertiary/aromatic N) is 2. The first-order valence-electron chi connectivity index (χ1n) is 5.62. The minimum atomic E-state index is 0. The van der Waals surface area contributed by atoms with Crippen LogP contribution in [0.2, 0.25) is 5.15 Å². The van der Waals surface area contributed by atoms with Crippen molar-refractivity contribution >= 4 is 35.0 Å². The van der Waals surface area contributed by atoms with Gasteiger partial charge in [0.1, 0.15) is 6.10 Å². The van der Waals surface area contributed by atoms with E-state index in [-0.39, 0.29) is 18.5 Å². The molecule has 1 aliphatic rings. The Bertz CT molecular complexity index is 544. The lowest BCUT2D eigenvalue weighted by Gasteiger charge is -2.12. The van der Waals surface area contributed by atoms with Gasteiger partial charge in [-0.2, -0.15) is 0 Å². The number of ether oxygens (including phenoxy) is 1. The van der Waals surface area contributed by atoms with Crippen LogP contribution in [0, 0.1) is 0 Å². The predicted molar refractivity (Wildman–Crippen MR) is 73.7 cm³/mol. The number of benzene rings is 1. The highest BCUT2D eigenvalue weighted by Gasteiger charge is 2.18. The van der Waals surface area contributed by atoms with Crippen LogP contribution in [0.25, 0.3) is 11.0 Å². The second-order valence-corrected chi connectivity index (χ2v) is 4.40. The van der Waals surface area contributed by atoms with Crippen LogP contribution in [0.15, 0.2) is 24.3 Å². The molecular weight excluding hydrogens is 273 g/mol. The molecule has 1 aliphatic heterocycles. The first-order valence-corrected chi connectivity index (χ1v) is 6.00. The van der Waals surface area contributed by atoms with E-state index in [1.54, 1.807) is 0 Å². The number of halogens is 2. The van der Waals surface area contributed by atoms with Crippen molar-refractivity contribution in [1.82, 2.24) is 15.3 Å². The molecule has 1 fully saturated rings. The lowest BCUT2D eigenvalue weighted by molar-refractivity contribution is 0.214. The minimum absolute atomic E-state index is 0. The first-order chi connectivity index (χ1) is 8.33. The monoisotopic (exact) mass is 285 g/mol. The third-order valence-electron chi connectivity index (χ3n) is 2.79. The van der Waals surface area contributed by atoms with Crippen LogP contribution in [-0.4, -0.2) is 29.2 Å². The molecule has 0 aliphatic carbocycles. The maximum absolute atomic E-state index is 6.06. The van der Waals surface area contributed by atoms with Gasteiger partial charge in [0.15, 0.2) is 5.15 Å². The van der Waals surface area contributed by atoms with E-state index in [2.05, 4.69) is 15.3 Å². The topological polar surface area (TPSA) is 47.0 Å². The minimum Gasteiger partial charge on any atom is -0.471 e. The summed E-state index contributed by atoms with van der Waals surface area (Å²) in [6.07, 6.45) is 1.12. The summed E-state index contributed by atoms with van der Waals surface area (Å²) >= 11 is 6.06. The summed E-state index contributed by atoms with van der Waals surface area (Å²) in [5.41, 5.74) is 1.59. The molecule has 1 atom stereocenters. The van der Waals surface area contributed by atoms with Crippen molar-refractivity contribution in [2.24, 2.45) is 0 Å². The van der Waals surface area contributed by atoms with Crippen LogP contribution < -0.4 is 10.1 Å². The van der Waals surface area contributed by atoms with E-state index >= 15 is 0 Å². The molecule has 18 heavy (non-hydrogen) atoms. The van der Waals surface area contributed by atoms with Crippen LogP contribution in [-0.2, 0) is 0 Å². The smallest absolute Gasteiger partial charge is 0.253 e. The summed E-state index contributed by atoms with van der Waals surface area (Å²) in [7, 11) is 0. The average Bonchev–Trinajstić information content (AvgIpc) is 2.83. The zero-order chi connectivity index (χ0) is 11.7. The number of hydrogen-bond donors (Lipinski definition) is 1. The number of para-hydroxylation sites is 2. The van der Waals surface area contributed by atoms with Crippen molar-refractivity contribution < 1.29 is 4.74 Å². The fraction of sp³-hybridized carbons (Fsp3) is 0.333. The molecule has 0 amide bonds. The fourth-order valence-corrected chi connectivity index (χ4v) is 2.10. The second kappa shape index (κ2) is 5.69. The van der Waals surface area contributed by atoms with Crippen molar-refractivity contribution in [1.29, 1.82) is 0 Å². The van der Waals surface area contributed by atoms with Crippen LogP contribution >= 0.6 is 24.0 Å². The molecule has 0 bridgehead atoms. The van der Waals surface area contributed by atoms with E-state index in [1.165, 1.54) is 0 Å². The molecule has 2 heterocycles. The molecule has 0 unspecified atom stereocenters. The largest absolute Gasteiger partial charge is 0.471 e. The van der Waals surface area contributed by atoms with Gasteiger partial charge in [-0.15, -0.1) is 12.4 Å². The average molecular weight is 286 g/mol. The molecule has 1 saturated heterocycles. The van der Waals surface area contributed by atoms with Gasteiger partial charge in [-0.1, -0.05) is 23.7 Å². The molecule has 2 aromatic rings. The lowest BCUT2D eigenvalue weighted by atomic mass is 10.3. The molecule has 4 nitrogen and oxygen atoms in total. The maximum Gasteiger partial charge on any atom is 0.253 e. The van der Waals surface area contributed by atoms with E-state index in [4.69, 9.17) is 16.3 Å². The Kier molecular flexibility index (Phi) is 4.22. The Balaban J connectivity index is 0.00000120. The highest BCUT2D eigenvalue weighted by molar-refractivity contribution is 6.31. The zero-order valence-corrected chi connectivity index (χ0v) is 11.2. The van der Waals surface area contributed by atoms with Crippen LogP contribution in [0.3, 0.4) is 0 Å². The van der Waals surface area contributed by atoms with Gasteiger partial charge in [-0.3, -0.25) is 0 Å². The van der Waals surface area contributed by atoms with E-state index in [0.717, 1.165) is 30.5 Å². The number of nitrogens with one attached hydrogen (secondary N) is 1. The van der Waals surface area contributed by atoms with Gasteiger partial charge in [0.05, 0.1) is 11.0 Å². The van der Waals surface area contributed by atoms with E-state index in [9.17, 15) is 0 Å². The van der Waals surface area contributed by atoms with Crippen molar-refractivity contribution in [3.8, 4) is 5.88 Å². The van der Waals surface area contributed by atoms with E-state index in [0.29, 0.717) is 11.0 Å². The molecule has 0 saturated carbocycles. The second-order valence-electron chi connectivity index (χ2n) is 4.04. The SMILES string of the molecule is Cl.Clc1nc2ccccc2nc1O[C@H]1CCNC1. The van der Waals surface area contributed by atoms with Crippen LogP contribution in [0.5, 0.6) is 5.88 Å². The fourth-order valence-electron chi connectivity index (χ4n) is 1.92. The molecule has 0 spiro atoms. The number of rotatable bonds is 2. The van der Waals surface area contributed by atoms with Gasteiger partial charge in [0.25, 0.3) is 5.88 Å². The summed E-state index contributed by atoms with van der Waals surface area (Å²) in [6, 6.07) is 7.62. The number of fused-ring (bicyclic) bond motifs is 1. The Morgan fingerprint density at radius 2 is 1.94 bits per heavy atom. The Hall–Kier alpha value is -1.10. The summed E-state index contributed by atoms with van der Waals surface area (Å²) in [5, 5.41) is 3.56. The van der Waals surface area contributed by atoms with E-state index < -0.39 is 0 Å². The summed E-state index contributed by atoms with van der Waals surface area (Å²) in [4.78, 5) is 8.67. The van der Waals surface area contributed by atoms with Crippen molar-refractivity contribution in [3.05, 3.63) is 29.4 Å². The maximum atomic E-state index is 6.06. The molecular formula is C12H13Cl2N3O. The quantitative estimate of drug-likeness (QED) is 0.921. The van der Waals surface area contributed by atoms with Crippen molar-refractivity contribution in [2.45, 2.75) is 12.5 Å². The Labute approximate surface area is 116 Å². The molecule has 1 aromatic carbocycles. The molecule has 3 rings (SSSR count). The van der Waals surface area contributed by atoms with Crippen LogP contribution in [0.4, 0.5) is 0 Å². The van der Waals surface area contributed by atoms with Gasteiger partial charge >= 0.3 is 0 Å². The van der Waals surface area contributed by atoms with Gasteiger partial charge in [0, 0.05) is 6.54 Å².